The van der Waals surface area contributed by atoms with Gasteiger partial charge in [-0.1, -0.05) is 0 Å². The summed E-state index contributed by atoms with van der Waals surface area (Å²) in [5.41, 5.74) is 7.69. The van der Waals surface area contributed by atoms with E-state index >= 15 is 0 Å². The summed E-state index contributed by atoms with van der Waals surface area (Å²) < 4.78 is 5.16. The Kier molecular flexibility index (Phi) is 3.54. The number of anilines is 1. The molecule has 1 aliphatic rings. The molecule has 1 heterocycles. The lowest BCUT2D eigenvalue weighted by atomic mass is 10.1. The van der Waals surface area contributed by atoms with Gasteiger partial charge in [0.2, 0.25) is 5.91 Å². The first kappa shape index (κ1) is 12.9. The molecule has 0 aromatic heterocycles. The third kappa shape index (κ3) is 2.19. The van der Waals surface area contributed by atoms with Gasteiger partial charge in [0.05, 0.1) is 7.11 Å². The quantitative estimate of drug-likeness (QED) is 0.849. The second-order valence-electron chi connectivity index (χ2n) is 4.70. The molecular formula is C13H19N3O2. The van der Waals surface area contributed by atoms with E-state index in [-0.39, 0.29) is 5.91 Å². The Labute approximate surface area is 107 Å². The summed E-state index contributed by atoms with van der Waals surface area (Å²) >= 11 is 0. The molecule has 0 spiro atoms. The summed E-state index contributed by atoms with van der Waals surface area (Å²) in [7, 11) is 5.57. The van der Waals surface area contributed by atoms with Crippen LogP contribution in [0.2, 0.25) is 0 Å². The number of benzene rings is 1. The molecule has 2 N–H and O–H groups in total. The molecule has 5 nitrogen and oxygen atoms in total. The molecule has 0 aliphatic carbocycles. The fourth-order valence-corrected chi connectivity index (χ4v) is 2.10. The first-order valence-corrected chi connectivity index (χ1v) is 5.94. The molecule has 1 amide bonds. The second kappa shape index (κ2) is 4.96. The van der Waals surface area contributed by atoms with E-state index in [1.165, 1.54) is 0 Å². The standard InChI is InChI=1S/C13H19N3O2/c1-15(2)6-7-16-11-5-4-9(18-3)8-10(11)12(14)13(16)17/h4-5,8,12H,6-7,14H2,1-3H3. The maximum absolute atomic E-state index is 12.1. The van der Waals surface area contributed by atoms with Gasteiger partial charge in [-0.3, -0.25) is 4.79 Å². The average molecular weight is 249 g/mol. The van der Waals surface area contributed by atoms with Gasteiger partial charge >= 0.3 is 0 Å². The number of nitrogens with zero attached hydrogens (tertiary/aromatic N) is 2. The number of ether oxygens (including phenoxy) is 1. The van der Waals surface area contributed by atoms with E-state index in [1.54, 1.807) is 12.0 Å². The van der Waals surface area contributed by atoms with Crippen molar-refractivity contribution in [3.63, 3.8) is 0 Å². The van der Waals surface area contributed by atoms with Crippen molar-refractivity contribution >= 4 is 11.6 Å². The molecule has 1 atom stereocenters. The molecule has 0 radical (unpaired) electrons. The van der Waals surface area contributed by atoms with Crippen LogP contribution in [0, 0.1) is 0 Å². The predicted molar refractivity (Wildman–Crippen MR) is 70.8 cm³/mol. The number of carbonyl (C=O) groups excluding carboxylic acids is 1. The first-order valence-electron chi connectivity index (χ1n) is 5.94. The lowest BCUT2D eigenvalue weighted by Crippen LogP contribution is -2.36. The van der Waals surface area contributed by atoms with E-state index < -0.39 is 6.04 Å². The number of methoxy groups -OCH3 is 1. The Morgan fingerprint density at radius 3 is 2.78 bits per heavy atom. The maximum atomic E-state index is 12.1. The number of nitrogens with two attached hydrogens (primary N) is 1. The van der Waals surface area contributed by atoms with Crippen molar-refractivity contribution in [2.24, 2.45) is 5.73 Å². The van der Waals surface area contributed by atoms with Crippen LogP contribution in [-0.4, -0.2) is 45.1 Å². The number of carbonyl (C=O) groups is 1. The summed E-state index contributed by atoms with van der Waals surface area (Å²) in [6, 6.07) is 5.02. The monoisotopic (exact) mass is 249 g/mol. The zero-order valence-electron chi connectivity index (χ0n) is 11.0. The average Bonchev–Trinajstić information content (AvgIpc) is 2.59. The summed E-state index contributed by atoms with van der Waals surface area (Å²) in [6.07, 6.45) is 0. The van der Waals surface area contributed by atoms with Crippen molar-refractivity contribution < 1.29 is 9.53 Å². The zero-order chi connectivity index (χ0) is 13.3. The molecule has 1 unspecified atom stereocenters. The summed E-state index contributed by atoms with van der Waals surface area (Å²) in [4.78, 5) is 15.9. The number of amides is 1. The second-order valence-corrected chi connectivity index (χ2v) is 4.70. The minimum absolute atomic E-state index is 0.0416. The highest BCUT2D eigenvalue weighted by atomic mass is 16.5. The van der Waals surface area contributed by atoms with E-state index in [0.717, 1.165) is 23.5 Å². The van der Waals surface area contributed by atoms with Gasteiger partial charge in [0, 0.05) is 24.3 Å². The van der Waals surface area contributed by atoms with Gasteiger partial charge in [-0.05, 0) is 32.3 Å². The molecule has 1 aromatic rings. The summed E-state index contributed by atoms with van der Waals surface area (Å²) in [6.45, 7) is 1.46. The van der Waals surface area contributed by atoms with Crippen LogP contribution in [0.15, 0.2) is 18.2 Å². The van der Waals surface area contributed by atoms with Crippen LogP contribution in [0.25, 0.3) is 0 Å². The van der Waals surface area contributed by atoms with Crippen molar-refractivity contribution in [3.05, 3.63) is 23.8 Å². The van der Waals surface area contributed by atoms with E-state index in [4.69, 9.17) is 10.5 Å². The minimum Gasteiger partial charge on any atom is -0.497 e. The zero-order valence-corrected chi connectivity index (χ0v) is 11.0. The highest BCUT2D eigenvalue weighted by Crippen LogP contribution is 2.36. The molecule has 0 saturated carbocycles. The van der Waals surface area contributed by atoms with E-state index in [1.807, 2.05) is 37.2 Å². The molecular weight excluding hydrogens is 230 g/mol. The maximum Gasteiger partial charge on any atom is 0.248 e. The van der Waals surface area contributed by atoms with Crippen LogP contribution in [0.5, 0.6) is 5.75 Å². The van der Waals surface area contributed by atoms with Gasteiger partial charge in [-0.25, -0.2) is 0 Å². The van der Waals surface area contributed by atoms with Crippen molar-refractivity contribution in [2.75, 3.05) is 39.2 Å². The molecule has 0 saturated heterocycles. The molecule has 0 bridgehead atoms. The third-order valence-corrected chi connectivity index (χ3v) is 3.16. The van der Waals surface area contributed by atoms with Crippen LogP contribution in [0.3, 0.4) is 0 Å². The largest absolute Gasteiger partial charge is 0.497 e. The molecule has 18 heavy (non-hydrogen) atoms. The van der Waals surface area contributed by atoms with E-state index in [2.05, 4.69) is 0 Å². The van der Waals surface area contributed by atoms with Crippen molar-refractivity contribution in [3.8, 4) is 5.75 Å². The van der Waals surface area contributed by atoms with Crippen LogP contribution in [0.4, 0.5) is 5.69 Å². The summed E-state index contributed by atoms with van der Waals surface area (Å²) in [5.74, 6) is 0.687. The van der Waals surface area contributed by atoms with E-state index in [0.29, 0.717) is 6.54 Å². The molecule has 5 heteroatoms. The van der Waals surface area contributed by atoms with Gasteiger partial charge in [-0.15, -0.1) is 0 Å². The van der Waals surface area contributed by atoms with Crippen molar-refractivity contribution in [1.82, 2.24) is 4.90 Å². The molecule has 98 valence electrons. The van der Waals surface area contributed by atoms with Gasteiger partial charge in [-0.2, -0.15) is 0 Å². The molecule has 1 aliphatic heterocycles. The van der Waals surface area contributed by atoms with Crippen molar-refractivity contribution in [2.45, 2.75) is 6.04 Å². The topological polar surface area (TPSA) is 58.8 Å². The van der Waals surface area contributed by atoms with Crippen LogP contribution in [0.1, 0.15) is 11.6 Å². The molecule has 0 fully saturated rings. The van der Waals surface area contributed by atoms with Gasteiger partial charge in [0.25, 0.3) is 0 Å². The van der Waals surface area contributed by atoms with Crippen LogP contribution >= 0.6 is 0 Å². The number of rotatable bonds is 4. The van der Waals surface area contributed by atoms with Gasteiger partial charge < -0.3 is 20.3 Å². The normalized spacial score (nSPS) is 18.4. The Hall–Kier alpha value is -1.59. The lowest BCUT2D eigenvalue weighted by Gasteiger charge is -2.20. The lowest BCUT2D eigenvalue weighted by molar-refractivity contribution is -0.119. The number of hydrogen-bond donors (Lipinski definition) is 1. The Bertz CT molecular complexity index is 460. The SMILES string of the molecule is COc1ccc2c(c1)C(N)C(=O)N2CCN(C)C. The Balaban J connectivity index is 2.28. The fraction of sp³-hybridized carbons (Fsp3) is 0.462. The van der Waals surface area contributed by atoms with Gasteiger partial charge in [0.15, 0.2) is 0 Å². The fourth-order valence-electron chi connectivity index (χ4n) is 2.10. The van der Waals surface area contributed by atoms with Gasteiger partial charge in [0.1, 0.15) is 11.8 Å². The third-order valence-electron chi connectivity index (χ3n) is 3.16. The first-order chi connectivity index (χ1) is 8.54. The Morgan fingerprint density at radius 2 is 2.17 bits per heavy atom. The van der Waals surface area contributed by atoms with Crippen LogP contribution in [-0.2, 0) is 4.79 Å². The highest BCUT2D eigenvalue weighted by molar-refractivity contribution is 6.04. The predicted octanol–water partition coefficient (Wildman–Crippen LogP) is 0.603. The number of likely N-dealkylation sites (N-methyl/N-ethyl adjacent to an activating group) is 1. The van der Waals surface area contributed by atoms with Crippen molar-refractivity contribution in [1.29, 1.82) is 0 Å². The van der Waals surface area contributed by atoms with E-state index in [9.17, 15) is 4.79 Å². The summed E-state index contributed by atoms with van der Waals surface area (Å²) in [5, 5.41) is 0. The number of hydrogen-bond acceptors (Lipinski definition) is 4. The number of fused-ring (bicyclic) bond motifs is 1. The molecule has 2 rings (SSSR count). The minimum atomic E-state index is -0.572. The molecule has 1 aromatic carbocycles. The highest BCUT2D eigenvalue weighted by Gasteiger charge is 2.34. The van der Waals surface area contributed by atoms with Crippen LogP contribution < -0.4 is 15.4 Å². The Morgan fingerprint density at radius 1 is 1.44 bits per heavy atom. The smallest absolute Gasteiger partial charge is 0.248 e.